The third-order valence-corrected chi connectivity index (χ3v) is 0. The highest BCUT2D eigenvalue weighted by atomic mass is 32.2. The minimum absolute atomic E-state index is 2.61. The van der Waals surface area contributed by atoms with Crippen LogP contribution in [0.1, 0.15) is 0 Å². The maximum Gasteiger partial charge on any atom is 0.379 e. The van der Waals surface area contributed by atoms with Crippen LogP contribution in [0.4, 0.5) is 26.3 Å². The summed E-state index contributed by atoms with van der Waals surface area (Å²) in [5.41, 5.74) is 0. The number of hydrogen-bond donors (Lipinski definition) is 1. The molecule has 0 bridgehead atoms. The third-order valence-electron chi connectivity index (χ3n) is 0. The van der Waals surface area contributed by atoms with Gasteiger partial charge in [-0.1, -0.05) is 0 Å². The summed E-state index contributed by atoms with van der Waals surface area (Å²) in [6, 6.07) is 0. The predicted octanol–water partition coefficient (Wildman–Crippen LogP) is 1.98. The summed E-state index contributed by atoms with van der Waals surface area (Å²) >= 11 is 0. The molecular formula is C2H3F6NO2S. The number of halogens is 6. The van der Waals surface area contributed by atoms with Gasteiger partial charge in [-0.05, 0) is 0 Å². The molecule has 0 radical (unpaired) electrons. The Morgan fingerprint density at radius 3 is 0.833 bits per heavy atom. The van der Waals surface area contributed by atoms with Gasteiger partial charge in [-0.3, -0.25) is 0 Å². The lowest BCUT2D eigenvalue weighted by atomic mass is 11.6. The van der Waals surface area contributed by atoms with E-state index in [9.17, 15) is 26.3 Å². The summed E-state index contributed by atoms with van der Waals surface area (Å²) < 4.78 is 80.8. The molecule has 0 rings (SSSR count). The Morgan fingerprint density at radius 1 is 0.833 bits per heavy atom. The summed E-state index contributed by atoms with van der Waals surface area (Å²) in [6.07, 6.45) is 0. The summed E-state index contributed by atoms with van der Waals surface area (Å²) in [5, 5.41) is 0. The lowest BCUT2D eigenvalue weighted by Gasteiger charge is -1.65. The van der Waals surface area contributed by atoms with Gasteiger partial charge in [-0.15, -0.1) is 0 Å². The third kappa shape index (κ3) is 967. The molecule has 0 saturated heterocycles. The molecule has 0 spiro atoms. The number of alkyl halides is 6. The van der Waals surface area contributed by atoms with Gasteiger partial charge in [0.2, 0.25) is 0 Å². The van der Waals surface area contributed by atoms with Crippen LogP contribution in [0.15, 0.2) is 0 Å². The second-order valence-electron chi connectivity index (χ2n) is 0.730. The van der Waals surface area contributed by atoms with Crippen molar-refractivity contribution in [2.24, 2.45) is 0 Å². The van der Waals surface area contributed by atoms with Crippen LogP contribution in [0.25, 0.3) is 0 Å². The molecule has 0 aromatic heterocycles. The van der Waals surface area contributed by atoms with Gasteiger partial charge in [0, 0.05) is 0 Å². The molecule has 0 aliphatic heterocycles. The second-order valence-corrected chi connectivity index (χ2v) is 1.20. The van der Waals surface area contributed by atoms with Gasteiger partial charge >= 0.3 is 23.9 Å². The first kappa shape index (κ1) is 17.3. The van der Waals surface area contributed by atoms with Crippen LogP contribution >= 0.6 is 0 Å². The predicted molar refractivity (Wildman–Crippen MR) is 25.9 cm³/mol. The summed E-state index contributed by atoms with van der Waals surface area (Å²) in [4.78, 5) is 0. The lowest BCUT2D eigenvalue weighted by molar-refractivity contribution is 0.00734. The second kappa shape index (κ2) is 12.8. The minimum atomic E-state index is -3.67. The van der Waals surface area contributed by atoms with Gasteiger partial charge < -0.3 is 0 Å². The van der Waals surface area contributed by atoms with Crippen molar-refractivity contribution < 1.29 is 34.8 Å². The molecular weight excluding hydrogens is 216 g/mol. The highest BCUT2D eigenvalue weighted by Crippen LogP contribution is 1.87. The molecule has 0 saturated carbocycles. The fourth-order valence-corrected chi connectivity index (χ4v) is 0. The first-order valence-corrected chi connectivity index (χ1v) is 2.92. The monoisotopic (exact) mass is 219 g/mol. The van der Waals surface area contributed by atoms with Crippen molar-refractivity contribution in [1.82, 2.24) is 0 Å². The maximum absolute atomic E-state index is 9.67. The quantitative estimate of drug-likeness (QED) is 0.633. The standard InChI is InChI=1S/2CHF3.HNO2S/c2*2-1(3)4;1-4(2)3/h3*1H. The van der Waals surface area contributed by atoms with Gasteiger partial charge in [0.15, 0.2) is 0 Å². The molecule has 0 aliphatic rings. The van der Waals surface area contributed by atoms with E-state index in [0.717, 1.165) is 0 Å². The Kier molecular flexibility index (Phi) is 18.5. The van der Waals surface area contributed by atoms with E-state index >= 15 is 0 Å². The topological polar surface area (TPSA) is 58.0 Å². The van der Waals surface area contributed by atoms with Gasteiger partial charge in [0.25, 0.3) is 0 Å². The van der Waals surface area contributed by atoms with Crippen molar-refractivity contribution in [3.63, 3.8) is 0 Å². The van der Waals surface area contributed by atoms with Crippen molar-refractivity contribution >= 4 is 10.5 Å². The van der Waals surface area contributed by atoms with Gasteiger partial charge in [-0.2, -0.15) is 39.5 Å². The van der Waals surface area contributed by atoms with Crippen molar-refractivity contribution in [2.75, 3.05) is 0 Å². The molecule has 1 N–H and O–H groups in total. The van der Waals surface area contributed by atoms with Gasteiger partial charge in [0.05, 0.1) is 0 Å². The number of rotatable bonds is 0. The highest BCUT2D eigenvalue weighted by Gasteiger charge is 1.86. The van der Waals surface area contributed by atoms with Gasteiger partial charge in [-0.25, -0.2) is 0 Å². The van der Waals surface area contributed by atoms with E-state index in [2.05, 4.69) is 0 Å². The van der Waals surface area contributed by atoms with Crippen LogP contribution < -0.4 is 0 Å². The normalized spacial score (nSPS) is 8.00. The Bertz CT molecular complexity index is 145. The lowest BCUT2D eigenvalue weighted by Crippen LogP contribution is -1.65. The van der Waals surface area contributed by atoms with Crippen molar-refractivity contribution in [1.29, 1.82) is 4.78 Å². The first-order valence-electron chi connectivity index (χ1n) is 1.85. The Hall–Kier alpha value is -0.800. The van der Waals surface area contributed by atoms with Gasteiger partial charge in [0.1, 0.15) is 0 Å². The summed E-state index contributed by atoms with van der Waals surface area (Å²) in [6.45, 7) is -7.33. The van der Waals surface area contributed by atoms with Crippen LogP contribution in [-0.2, 0) is 10.5 Å². The van der Waals surface area contributed by atoms with Crippen molar-refractivity contribution in [2.45, 2.75) is 13.4 Å². The summed E-state index contributed by atoms with van der Waals surface area (Å²) in [5.74, 6) is 0. The molecule has 3 nitrogen and oxygen atoms in total. The zero-order valence-corrected chi connectivity index (χ0v) is 5.96. The molecule has 0 amide bonds. The molecule has 0 unspecified atom stereocenters. The average Bonchev–Trinajstić information content (AvgIpc) is 1.54. The highest BCUT2D eigenvalue weighted by molar-refractivity contribution is 7.60. The molecule has 12 heavy (non-hydrogen) atoms. The average molecular weight is 219 g/mol. The van der Waals surface area contributed by atoms with E-state index in [1.54, 1.807) is 0 Å². The molecule has 0 aliphatic carbocycles. The van der Waals surface area contributed by atoms with Crippen LogP contribution in [0.2, 0.25) is 0 Å². The summed E-state index contributed by atoms with van der Waals surface area (Å²) in [7, 11) is -2.61. The fraction of sp³-hybridized carbons (Fsp3) is 1.00. The smallest absolute Gasteiger partial charge is 0.188 e. The van der Waals surface area contributed by atoms with E-state index in [4.69, 9.17) is 13.2 Å². The fourth-order valence-electron chi connectivity index (χ4n) is 0. The van der Waals surface area contributed by atoms with E-state index < -0.39 is 23.9 Å². The Labute approximate surface area is 64.5 Å². The van der Waals surface area contributed by atoms with E-state index in [0.29, 0.717) is 0 Å². The zero-order valence-electron chi connectivity index (χ0n) is 5.15. The zero-order chi connectivity index (χ0) is 10.7. The van der Waals surface area contributed by atoms with E-state index in [1.807, 2.05) is 0 Å². The van der Waals surface area contributed by atoms with Crippen LogP contribution in [0, 0.1) is 4.78 Å². The number of nitrogens with one attached hydrogen (secondary N) is 1. The molecule has 0 aromatic carbocycles. The maximum atomic E-state index is 9.67. The first-order chi connectivity index (χ1) is 5.20. The molecule has 0 aromatic rings. The van der Waals surface area contributed by atoms with Crippen LogP contribution in [-0.4, -0.2) is 21.8 Å². The molecule has 76 valence electrons. The van der Waals surface area contributed by atoms with E-state index in [-0.39, 0.29) is 0 Å². The molecule has 10 heteroatoms. The molecule has 0 atom stereocenters. The van der Waals surface area contributed by atoms with Crippen LogP contribution in [0.3, 0.4) is 0 Å². The van der Waals surface area contributed by atoms with Crippen molar-refractivity contribution in [3.05, 3.63) is 0 Å². The molecule has 0 heterocycles. The van der Waals surface area contributed by atoms with Crippen molar-refractivity contribution in [3.8, 4) is 0 Å². The molecule has 0 fully saturated rings. The Morgan fingerprint density at radius 2 is 0.833 bits per heavy atom. The number of hydrogen-bond acceptors (Lipinski definition) is 3. The largest absolute Gasteiger partial charge is 0.379 e. The van der Waals surface area contributed by atoms with Crippen LogP contribution in [0.5, 0.6) is 0 Å². The minimum Gasteiger partial charge on any atom is -0.188 e. The van der Waals surface area contributed by atoms with E-state index in [1.165, 1.54) is 0 Å². The Balaban J connectivity index is -0.000000101. The SMILES string of the molecule is FC(F)F.FC(F)F.N=S(=O)=O.